The van der Waals surface area contributed by atoms with Gasteiger partial charge in [0.25, 0.3) is 0 Å². The molecule has 0 fully saturated rings. The lowest BCUT2D eigenvalue weighted by molar-refractivity contribution is -0.132. The molecule has 1 amide bonds. The first-order valence-corrected chi connectivity index (χ1v) is 7.22. The average molecular weight is 272 g/mol. The Kier molecular flexibility index (Phi) is 9.83. The number of carbonyl (C=O) groups is 1. The van der Waals surface area contributed by atoms with Gasteiger partial charge >= 0.3 is 0 Å². The van der Waals surface area contributed by atoms with E-state index in [-0.39, 0.29) is 11.9 Å². The van der Waals surface area contributed by atoms with E-state index in [0.717, 1.165) is 39.0 Å². The highest BCUT2D eigenvalue weighted by molar-refractivity contribution is 5.81. The van der Waals surface area contributed by atoms with Crippen LogP contribution in [0.15, 0.2) is 0 Å². The normalized spacial score (nSPS) is 13.1. The summed E-state index contributed by atoms with van der Waals surface area (Å²) in [5.74, 6) is 0.0972. The lowest BCUT2D eigenvalue weighted by Crippen LogP contribution is -2.45. The van der Waals surface area contributed by atoms with Crippen LogP contribution in [0.5, 0.6) is 0 Å². The summed E-state index contributed by atoms with van der Waals surface area (Å²) < 4.78 is 0. The lowest BCUT2D eigenvalue weighted by atomic mass is 10.2. The summed E-state index contributed by atoms with van der Waals surface area (Å²) in [6.07, 6.45) is 2.70. The van der Waals surface area contributed by atoms with Crippen molar-refractivity contribution in [1.29, 1.82) is 0 Å². The molecule has 0 aliphatic heterocycles. The van der Waals surface area contributed by atoms with Crippen LogP contribution in [0, 0.1) is 0 Å². The van der Waals surface area contributed by atoms with Crippen molar-refractivity contribution in [2.45, 2.75) is 32.2 Å². The van der Waals surface area contributed by atoms with Crippen molar-refractivity contribution in [3.63, 3.8) is 0 Å². The first kappa shape index (κ1) is 18.4. The molecule has 1 unspecified atom stereocenters. The van der Waals surface area contributed by atoms with Gasteiger partial charge in [0, 0.05) is 13.1 Å². The molecule has 5 heteroatoms. The van der Waals surface area contributed by atoms with E-state index in [2.05, 4.69) is 38.0 Å². The fraction of sp³-hybridized carbons (Fsp3) is 0.929. The van der Waals surface area contributed by atoms with Crippen LogP contribution in [-0.4, -0.2) is 81.0 Å². The van der Waals surface area contributed by atoms with E-state index in [1.165, 1.54) is 0 Å². The van der Waals surface area contributed by atoms with Crippen LogP contribution in [0.2, 0.25) is 0 Å². The van der Waals surface area contributed by atoms with Crippen LogP contribution in [0.25, 0.3) is 0 Å². The fourth-order valence-corrected chi connectivity index (χ4v) is 1.90. The Hall–Kier alpha value is -0.650. The third-order valence-electron chi connectivity index (χ3n) is 3.14. The molecular weight excluding hydrogens is 240 g/mol. The van der Waals surface area contributed by atoms with Crippen molar-refractivity contribution in [3.05, 3.63) is 0 Å². The van der Waals surface area contributed by atoms with Crippen LogP contribution in [0.4, 0.5) is 0 Å². The van der Waals surface area contributed by atoms with Crippen LogP contribution in [-0.2, 0) is 4.79 Å². The van der Waals surface area contributed by atoms with Crippen molar-refractivity contribution >= 4 is 5.91 Å². The van der Waals surface area contributed by atoms with Crippen molar-refractivity contribution in [2.75, 3.05) is 54.4 Å². The molecule has 0 aliphatic rings. The van der Waals surface area contributed by atoms with E-state index in [4.69, 9.17) is 5.73 Å². The second-order valence-corrected chi connectivity index (χ2v) is 5.65. The van der Waals surface area contributed by atoms with Gasteiger partial charge in [-0.15, -0.1) is 0 Å². The van der Waals surface area contributed by atoms with Gasteiger partial charge in [-0.25, -0.2) is 0 Å². The summed E-state index contributed by atoms with van der Waals surface area (Å²) in [7, 11) is 8.21. The van der Waals surface area contributed by atoms with Gasteiger partial charge in [-0.1, -0.05) is 6.92 Å². The molecule has 19 heavy (non-hydrogen) atoms. The van der Waals surface area contributed by atoms with Gasteiger partial charge in [0.05, 0.1) is 6.04 Å². The molecule has 0 aromatic heterocycles. The van der Waals surface area contributed by atoms with Crippen LogP contribution in [0.3, 0.4) is 0 Å². The molecule has 1 atom stereocenters. The van der Waals surface area contributed by atoms with Crippen molar-refractivity contribution in [3.8, 4) is 0 Å². The minimum atomic E-state index is -0.348. The minimum Gasteiger partial charge on any atom is -0.341 e. The number of carbonyl (C=O) groups excluding carboxylic acids is 1. The molecule has 5 nitrogen and oxygen atoms in total. The SMILES string of the molecule is CCC(N)C(=O)N(CCCN(C)C)CCCN(C)C. The van der Waals surface area contributed by atoms with Gasteiger partial charge < -0.3 is 20.4 Å². The standard InChI is InChI=1S/C14H32N4O/c1-6-13(15)14(19)18(11-7-9-16(2)3)12-8-10-17(4)5/h13H,6-12,15H2,1-5H3. The van der Waals surface area contributed by atoms with Gasteiger partial charge in [0.2, 0.25) is 5.91 Å². The third-order valence-corrected chi connectivity index (χ3v) is 3.14. The highest BCUT2D eigenvalue weighted by atomic mass is 16.2. The van der Waals surface area contributed by atoms with E-state index in [1.54, 1.807) is 0 Å². The Labute approximate surface area is 118 Å². The maximum atomic E-state index is 12.2. The number of rotatable bonds is 10. The van der Waals surface area contributed by atoms with E-state index in [1.807, 2.05) is 11.8 Å². The van der Waals surface area contributed by atoms with Crippen molar-refractivity contribution in [1.82, 2.24) is 14.7 Å². The Morgan fingerprint density at radius 3 is 1.68 bits per heavy atom. The first-order valence-electron chi connectivity index (χ1n) is 7.22. The van der Waals surface area contributed by atoms with Crippen molar-refractivity contribution < 1.29 is 4.79 Å². The van der Waals surface area contributed by atoms with Crippen LogP contribution >= 0.6 is 0 Å². The molecule has 114 valence electrons. The molecule has 0 radical (unpaired) electrons. The van der Waals surface area contributed by atoms with Crippen LogP contribution in [0.1, 0.15) is 26.2 Å². The largest absolute Gasteiger partial charge is 0.341 e. The molecule has 0 saturated carbocycles. The van der Waals surface area contributed by atoms with Gasteiger partial charge in [0.1, 0.15) is 0 Å². The molecule has 0 heterocycles. The second kappa shape index (κ2) is 10.2. The number of nitrogens with two attached hydrogens (primary N) is 1. The zero-order valence-corrected chi connectivity index (χ0v) is 13.4. The zero-order chi connectivity index (χ0) is 14.8. The van der Waals surface area contributed by atoms with E-state index in [9.17, 15) is 4.79 Å². The maximum absolute atomic E-state index is 12.2. The molecule has 0 aromatic carbocycles. The quantitative estimate of drug-likeness (QED) is 0.627. The Bertz CT molecular complexity index is 230. The smallest absolute Gasteiger partial charge is 0.239 e. The highest BCUT2D eigenvalue weighted by Crippen LogP contribution is 2.02. The predicted molar refractivity (Wildman–Crippen MR) is 81.2 cm³/mol. The Balaban J connectivity index is 4.25. The minimum absolute atomic E-state index is 0.0972. The molecule has 0 aromatic rings. The number of nitrogens with zero attached hydrogens (tertiary/aromatic N) is 3. The van der Waals surface area contributed by atoms with Gasteiger partial charge in [-0.05, 0) is 60.5 Å². The predicted octanol–water partition coefficient (Wildman–Crippen LogP) is 0.456. The summed E-state index contributed by atoms with van der Waals surface area (Å²) >= 11 is 0. The summed E-state index contributed by atoms with van der Waals surface area (Å²) in [4.78, 5) is 18.4. The second-order valence-electron chi connectivity index (χ2n) is 5.65. The van der Waals surface area contributed by atoms with Gasteiger partial charge in [0.15, 0.2) is 0 Å². The first-order chi connectivity index (χ1) is 8.88. The summed E-state index contributed by atoms with van der Waals surface area (Å²) in [6.45, 7) is 5.56. The maximum Gasteiger partial charge on any atom is 0.239 e. The van der Waals surface area contributed by atoms with Crippen molar-refractivity contribution in [2.24, 2.45) is 5.73 Å². The number of hydrogen-bond acceptors (Lipinski definition) is 4. The fourth-order valence-electron chi connectivity index (χ4n) is 1.90. The molecular formula is C14H32N4O. The highest BCUT2D eigenvalue weighted by Gasteiger charge is 2.18. The summed E-state index contributed by atoms with van der Waals surface area (Å²) in [5, 5.41) is 0. The molecule has 0 spiro atoms. The molecule has 2 N–H and O–H groups in total. The van der Waals surface area contributed by atoms with E-state index >= 15 is 0 Å². The Morgan fingerprint density at radius 1 is 0.947 bits per heavy atom. The summed E-state index contributed by atoms with van der Waals surface area (Å²) in [6, 6.07) is -0.348. The lowest BCUT2D eigenvalue weighted by Gasteiger charge is -2.26. The molecule has 0 rings (SSSR count). The summed E-state index contributed by atoms with van der Waals surface area (Å²) in [5.41, 5.74) is 5.87. The molecule has 0 aliphatic carbocycles. The van der Waals surface area contributed by atoms with Gasteiger partial charge in [-0.3, -0.25) is 4.79 Å². The van der Waals surface area contributed by atoms with Gasteiger partial charge in [-0.2, -0.15) is 0 Å². The van der Waals surface area contributed by atoms with E-state index in [0.29, 0.717) is 6.42 Å². The van der Waals surface area contributed by atoms with E-state index < -0.39 is 0 Å². The number of hydrogen-bond donors (Lipinski definition) is 1. The monoisotopic (exact) mass is 272 g/mol. The Morgan fingerprint density at radius 2 is 1.37 bits per heavy atom. The van der Waals surface area contributed by atoms with Crippen LogP contribution < -0.4 is 5.73 Å². The molecule has 0 bridgehead atoms. The molecule has 0 saturated heterocycles. The average Bonchev–Trinajstić information content (AvgIpc) is 2.34. The third kappa shape index (κ3) is 8.97. The number of amides is 1. The topological polar surface area (TPSA) is 52.8 Å². The zero-order valence-electron chi connectivity index (χ0n) is 13.4.